The van der Waals surface area contributed by atoms with Crippen LogP contribution < -0.4 is 10.1 Å². The topological polar surface area (TPSA) is 59.4 Å². The molecule has 0 bridgehead atoms. The zero-order valence-corrected chi connectivity index (χ0v) is 20.3. The van der Waals surface area contributed by atoms with E-state index in [1.165, 1.54) is 5.56 Å². The van der Waals surface area contributed by atoms with E-state index in [4.69, 9.17) is 4.74 Å². The van der Waals surface area contributed by atoms with Crippen LogP contribution in [0, 0.1) is 6.92 Å². The van der Waals surface area contributed by atoms with Crippen molar-refractivity contribution in [1.29, 1.82) is 0 Å². The third-order valence-corrected chi connectivity index (χ3v) is 6.75. The molecule has 3 aromatic rings. The average molecular weight is 447 g/mol. The Labute approximate surface area is 196 Å². The van der Waals surface area contributed by atoms with Gasteiger partial charge in [0.2, 0.25) is 0 Å². The number of ether oxygens (including phenoxy) is 1. The summed E-state index contributed by atoms with van der Waals surface area (Å²) in [5.74, 6) is 1.24. The third kappa shape index (κ3) is 5.28. The molecule has 1 aromatic heterocycles. The van der Waals surface area contributed by atoms with Crippen molar-refractivity contribution in [2.24, 2.45) is 7.05 Å². The highest BCUT2D eigenvalue weighted by Gasteiger charge is 2.21. The van der Waals surface area contributed by atoms with Crippen molar-refractivity contribution in [3.05, 3.63) is 71.0 Å². The molecule has 0 saturated carbocycles. The summed E-state index contributed by atoms with van der Waals surface area (Å²) in [7, 11) is 5.73. The lowest BCUT2D eigenvalue weighted by Gasteiger charge is -2.29. The van der Waals surface area contributed by atoms with Gasteiger partial charge in [0, 0.05) is 24.4 Å². The van der Waals surface area contributed by atoms with Crippen molar-refractivity contribution >= 4 is 5.91 Å². The highest BCUT2D eigenvalue weighted by molar-refractivity contribution is 5.96. The zero-order chi connectivity index (χ0) is 23.5. The summed E-state index contributed by atoms with van der Waals surface area (Å²) in [5.41, 5.74) is 6.04. The molecule has 0 unspecified atom stereocenters. The molecule has 4 rings (SSSR count). The molecule has 1 amide bonds. The molecule has 0 radical (unpaired) electrons. The number of benzene rings is 2. The van der Waals surface area contributed by atoms with E-state index in [9.17, 15) is 4.79 Å². The van der Waals surface area contributed by atoms with Gasteiger partial charge in [0.25, 0.3) is 5.91 Å². The molecule has 2 heterocycles. The second-order valence-electron chi connectivity index (χ2n) is 9.24. The Bertz CT molecular complexity index is 1130. The highest BCUT2D eigenvalue weighted by atomic mass is 16.5. The minimum absolute atomic E-state index is 0.0412. The van der Waals surface area contributed by atoms with Crippen LogP contribution in [-0.2, 0) is 7.05 Å². The van der Waals surface area contributed by atoms with Gasteiger partial charge in [-0.1, -0.05) is 12.1 Å². The number of amides is 1. The fourth-order valence-electron chi connectivity index (χ4n) is 4.56. The minimum atomic E-state index is -0.172. The van der Waals surface area contributed by atoms with E-state index in [0.29, 0.717) is 5.92 Å². The van der Waals surface area contributed by atoms with Gasteiger partial charge in [-0.25, -0.2) is 0 Å². The van der Waals surface area contributed by atoms with Gasteiger partial charge in [0.1, 0.15) is 5.75 Å². The van der Waals surface area contributed by atoms with Gasteiger partial charge in [0.15, 0.2) is 0 Å². The SMILES string of the molecule is COc1cc(-c2cnn(C)c2)cc([C@@H](C)NC(=O)c2cc(C3CCN(C)CC3)ccc2C)c1. The number of nitrogens with one attached hydrogen (secondary N) is 1. The summed E-state index contributed by atoms with van der Waals surface area (Å²) in [6.07, 6.45) is 6.08. The smallest absolute Gasteiger partial charge is 0.252 e. The van der Waals surface area contributed by atoms with Gasteiger partial charge in [-0.3, -0.25) is 9.48 Å². The van der Waals surface area contributed by atoms with E-state index in [-0.39, 0.29) is 11.9 Å². The molecule has 1 aliphatic heterocycles. The number of methoxy groups -OCH3 is 1. The van der Waals surface area contributed by atoms with Crippen LogP contribution in [0.2, 0.25) is 0 Å². The zero-order valence-electron chi connectivity index (χ0n) is 20.3. The maximum Gasteiger partial charge on any atom is 0.252 e. The Balaban J connectivity index is 1.54. The van der Waals surface area contributed by atoms with Gasteiger partial charge in [-0.15, -0.1) is 0 Å². The normalized spacial score (nSPS) is 15.9. The molecular weight excluding hydrogens is 412 g/mol. The van der Waals surface area contributed by atoms with E-state index in [2.05, 4.69) is 46.6 Å². The van der Waals surface area contributed by atoms with Crippen LogP contribution in [0.15, 0.2) is 48.8 Å². The molecular formula is C27H34N4O2. The van der Waals surface area contributed by atoms with E-state index < -0.39 is 0 Å². The van der Waals surface area contributed by atoms with Crippen LogP contribution in [0.1, 0.15) is 58.8 Å². The van der Waals surface area contributed by atoms with Crippen molar-refractivity contribution in [1.82, 2.24) is 20.0 Å². The molecule has 33 heavy (non-hydrogen) atoms. The van der Waals surface area contributed by atoms with Crippen molar-refractivity contribution in [2.75, 3.05) is 27.2 Å². The maximum atomic E-state index is 13.3. The first-order valence-electron chi connectivity index (χ1n) is 11.6. The lowest BCUT2D eigenvalue weighted by Crippen LogP contribution is -2.30. The average Bonchev–Trinajstić information content (AvgIpc) is 3.26. The standard InChI is InChI=1S/C27H34N4O2/c1-18-6-7-21(20-8-10-30(3)11-9-20)15-26(18)27(32)29-19(2)22-12-23(14-25(13-22)33-5)24-16-28-31(4)17-24/h6-7,12-17,19-20H,8-11H2,1-5H3,(H,29,32)/t19-/m1/s1. The number of likely N-dealkylation sites (tertiary alicyclic amines) is 1. The van der Waals surface area contributed by atoms with Gasteiger partial charge < -0.3 is 15.0 Å². The minimum Gasteiger partial charge on any atom is -0.497 e. The predicted octanol–water partition coefficient (Wildman–Crippen LogP) is 4.70. The number of carbonyl (C=O) groups is 1. The van der Waals surface area contributed by atoms with E-state index >= 15 is 0 Å². The summed E-state index contributed by atoms with van der Waals surface area (Å²) >= 11 is 0. The number of nitrogens with zero attached hydrogens (tertiary/aromatic N) is 3. The Morgan fingerprint density at radius 1 is 1.12 bits per heavy atom. The number of piperidine rings is 1. The second-order valence-corrected chi connectivity index (χ2v) is 9.24. The predicted molar refractivity (Wildman–Crippen MR) is 132 cm³/mol. The Hall–Kier alpha value is -3.12. The van der Waals surface area contributed by atoms with Gasteiger partial charge in [-0.05, 0) is 99.3 Å². The summed E-state index contributed by atoms with van der Waals surface area (Å²) in [6, 6.07) is 12.3. The largest absolute Gasteiger partial charge is 0.497 e. The second kappa shape index (κ2) is 9.79. The lowest BCUT2D eigenvalue weighted by molar-refractivity contribution is 0.0939. The molecule has 6 heteroatoms. The van der Waals surface area contributed by atoms with Crippen LogP contribution in [0.5, 0.6) is 5.75 Å². The Morgan fingerprint density at radius 3 is 2.55 bits per heavy atom. The number of aromatic nitrogens is 2. The first-order chi connectivity index (χ1) is 15.8. The lowest BCUT2D eigenvalue weighted by atomic mass is 9.87. The van der Waals surface area contributed by atoms with Crippen LogP contribution in [0.4, 0.5) is 0 Å². The van der Waals surface area contributed by atoms with Crippen LogP contribution in [-0.4, -0.2) is 47.8 Å². The van der Waals surface area contributed by atoms with E-state index in [0.717, 1.165) is 59.5 Å². The number of hydrogen-bond donors (Lipinski definition) is 1. The Morgan fingerprint density at radius 2 is 1.88 bits per heavy atom. The van der Waals surface area contributed by atoms with Crippen molar-refractivity contribution in [3.63, 3.8) is 0 Å². The molecule has 0 aliphatic carbocycles. The van der Waals surface area contributed by atoms with Crippen molar-refractivity contribution in [3.8, 4) is 16.9 Å². The molecule has 1 atom stereocenters. The van der Waals surface area contributed by atoms with Crippen molar-refractivity contribution < 1.29 is 9.53 Å². The fourth-order valence-corrected chi connectivity index (χ4v) is 4.56. The van der Waals surface area contributed by atoms with Gasteiger partial charge in [-0.2, -0.15) is 5.10 Å². The fraction of sp³-hybridized carbons (Fsp3) is 0.407. The Kier molecular flexibility index (Phi) is 6.84. The molecule has 2 aromatic carbocycles. The van der Waals surface area contributed by atoms with E-state index in [1.807, 2.05) is 45.4 Å². The van der Waals surface area contributed by atoms with E-state index in [1.54, 1.807) is 11.8 Å². The van der Waals surface area contributed by atoms with Gasteiger partial charge >= 0.3 is 0 Å². The number of aryl methyl sites for hydroxylation is 2. The first kappa shape index (κ1) is 23.1. The molecule has 174 valence electrons. The summed E-state index contributed by atoms with van der Waals surface area (Å²) in [6.45, 7) is 6.22. The summed E-state index contributed by atoms with van der Waals surface area (Å²) in [4.78, 5) is 15.7. The number of rotatable bonds is 6. The van der Waals surface area contributed by atoms with Crippen LogP contribution >= 0.6 is 0 Å². The molecule has 1 fully saturated rings. The van der Waals surface area contributed by atoms with Crippen LogP contribution in [0.25, 0.3) is 11.1 Å². The maximum absolute atomic E-state index is 13.3. The molecule has 1 saturated heterocycles. The van der Waals surface area contributed by atoms with Crippen molar-refractivity contribution in [2.45, 2.75) is 38.6 Å². The third-order valence-electron chi connectivity index (χ3n) is 6.75. The molecule has 0 spiro atoms. The number of carbonyl (C=O) groups excluding carboxylic acids is 1. The molecule has 6 nitrogen and oxygen atoms in total. The quantitative estimate of drug-likeness (QED) is 0.596. The highest BCUT2D eigenvalue weighted by Crippen LogP contribution is 2.31. The van der Waals surface area contributed by atoms with Crippen LogP contribution in [0.3, 0.4) is 0 Å². The molecule has 1 N–H and O–H groups in total. The number of hydrogen-bond acceptors (Lipinski definition) is 4. The van der Waals surface area contributed by atoms with Gasteiger partial charge in [0.05, 0.1) is 19.3 Å². The summed E-state index contributed by atoms with van der Waals surface area (Å²) < 4.78 is 7.31. The monoisotopic (exact) mass is 446 g/mol. The summed E-state index contributed by atoms with van der Waals surface area (Å²) in [5, 5.41) is 7.48. The first-order valence-corrected chi connectivity index (χ1v) is 11.6. The molecule has 1 aliphatic rings.